The SMILES string of the molecule is CC(C)CC(NC(=O)C(C)(C)NC(=O)OC(C)(C)C)C(=O)Nc1ccccc1. The van der Waals surface area contributed by atoms with Crippen molar-refractivity contribution in [1.29, 1.82) is 0 Å². The molecule has 0 fully saturated rings. The predicted molar refractivity (Wildman–Crippen MR) is 110 cm³/mol. The van der Waals surface area contributed by atoms with E-state index in [0.29, 0.717) is 12.1 Å². The van der Waals surface area contributed by atoms with Crippen molar-refractivity contribution in [3.63, 3.8) is 0 Å². The molecule has 7 heteroatoms. The summed E-state index contributed by atoms with van der Waals surface area (Å²) in [6, 6.07) is 8.32. The van der Waals surface area contributed by atoms with Crippen LogP contribution in [0.5, 0.6) is 0 Å². The van der Waals surface area contributed by atoms with Crippen molar-refractivity contribution in [3.8, 4) is 0 Å². The minimum atomic E-state index is -1.25. The van der Waals surface area contributed by atoms with Crippen molar-refractivity contribution in [3.05, 3.63) is 30.3 Å². The van der Waals surface area contributed by atoms with Gasteiger partial charge in [0.1, 0.15) is 17.2 Å². The van der Waals surface area contributed by atoms with Crippen molar-refractivity contribution < 1.29 is 19.1 Å². The van der Waals surface area contributed by atoms with Crippen LogP contribution in [0.1, 0.15) is 54.9 Å². The molecule has 1 aromatic rings. The summed E-state index contributed by atoms with van der Waals surface area (Å²) in [6.45, 7) is 12.3. The molecule has 0 saturated carbocycles. The van der Waals surface area contributed by atoms with Crippen LogP contribution in [0.15, 0.2) is 30.3 Å². The van der Waals surface area contributed by atoms with E-state index in [1.54, 1.807) is 46.8 Å². The van der Waals surface area contributed by atoms with Gasteiger partial charge < -0.3 is 20.7 Å². The van der Waals surface area contributed by atoms with E-state index in [1.165, 1.54) is 0 Å². The monoisotopic (exact) mass is 391 g/mol. The van der Waals surface area contributed by atoms with Crippen LogP contribution in [0, 0.1) is 5.92 Å². The fraction of sp³-hybridized carbons (Fsp3) is 0.571. The van der Waals surface area contributed by atoms with E-state index < -0.39 is 29.2 Å². The Morgan fingerprint density at radius 2 is 1.57 bits per heavy atom. The summed E-state index contributed by atoms with van der Waals surface area (Å²) < 4.78 is 5.21. The number of hydrogen-bond acceptors (Lipinski definition) is 4. The van der Waals surface area contributed by atoms with Crippen LogP contribution in [0.3, 0.4) is 0 Å². The quantitative estimate of drug-likeness (QED) is 0.663. The van der Waals surface area contributed by atoms with E-state index in [4.69, 9.17) is 4.74 Å². The summed E-state index contributed by atoms with van der Waals surface area (Å²) in [5.41, 5.74) is -1.27. The van der Waals surface area contributed by atoms with E-state index in [0.717, 1.165) is 0 Å². The molecule has 28 heavy (non-hydrogen) atoms. The van der Waals surface area contributed by atoms with E-state index in [-0.39, 0.29) is 11.8 Å². The maximum atomic E-state index is 12.8. The first-order valence-corrected chi connectivity index (χ1v) is 9.48. The lowest BCUT2D eigenvalue weighted by Crippen LogP contribution is -2.59. The number of para-hydroxylation sites is 1. The summed E-state index contributed by atoms with van der Waals surface area (Å²) in [4.78, 5) is 37.5. The number of benzene rings is 1. The fourth-order valence-corrected chi connectivity index (χ4v) is 2.41. The van der Waals surface area contributed by atoms with Crippen LogP contribution < -0.4 is 16.0 Å². The Morgan fingerprint density at radius 1 is 1.00 bits per heavy atom. The lowest BCUT2D eigenvalue weighted by atomic mass is 9.99. The van der Waals surface area contributed by atoms with Gasteiger partial charge in [0.05, 0.1) is 0 Å². The number of ether oxygens (including phenoxy) is 1. The maximum absolute atomic E-state index is 12.8. The molecule has 0 bridgehead atoms. The molecule has 1 unspecified atom stereocenters. The molecule has 0 saturated heterocycles. The van der Waals surface area contributed by atoms with Gasteiger partial charge >= 0.3 is 6.09 Å². The molecule has 1 atom stereocenters. The molecule has 0 aliphatic rings. The molecule has 3 amide bonds. The molecular formula is C21H33N3O4. The third-order valence-corrected chi connectivity index (χ3v) is 3.75. The van der Waals surface area contributed by atoms with Gasteiger partial charge in [0.15, 0.2) is 0 Å². The number of amides is 3. The van der Waals surface area contributed by atoms with Gasteiger partial charge in [-0.25, -0.2) is 4.79 Å². The molecule has 0 radical (unpaired) electrons. The Balaban J connectivity index is 2.82. The topological polar surface area (TPSA) is 96.5 Å². The van der Waals surface area contributed by atoms with Crippen LogP contribution in [0.4, 0.5) is 10.5 Å². The molecule has 156 valence electrons. The molecule has 0 aromatic heterocycles. The van der Waals surface area contributed by atoms with Gasteiger partial charge in [-0.2, -0.15) is 0 Å². The largest absolute Gasteiger partial charge is 0.444 e. The van der Waals surface area contributed by atoms with Crippen LogP contribution >= 0.6 is 0 Å². The lowest BCUT2D eigenvalue weighted by molar-refractivity contribution is -0.130. The van der Waals surface area contributed by atoms with Gasteiger partial charge in [0.25, 0.3) is 0 Å². The lowest BCUT2D eigenvalue weighted by Gasteiger charge is -2.30. The smallest absolute Gasteiger partial charge is 0.408 e. The van der Waals surface area contributed by atoms with Crippen molar-refractivity contribution in [1.82, 2.24) is 10.6 Å². The molecule has 1 aromatic carbocycles. The predicted octanol–water partition coefficient (Wildman–Crippen LogP) is 3.46. The summed E-state index contributed by atoms with van der Waals surface area (Å²) >= 11 is 0. The number of anilines is 1. The number of rotatable bonds is 7. The summed E-state index contributed by atoms with van der Waals surface area (Å²) in [7, 11) is 0. The number of hydrogen-bond donors (Lipinski definition) is 3. The Bertz CT molecular complexity index is 679. The summed E-state index contributed by atoms with van der Waals surface area (Å²) in [6.07, 6.45) is -0.228. The minimum absolute atomic E-state index is 0.189. The van der Waals surface area contributed by atoms with Crippen LogP contribution in [-0.2, 0) is 14.3 Å². The van der Waals surface area contributed by atoms with Gasteiger partial charge in [-0.05, 0) is 59.1 Å². The zero-order valence-corrected chi connectivity index (χ0v) is 17.9. The zero-order valence-electron chi connectivity index (χ0n) is 17.9. The van der Waals surface area contributed by atoms with E-state index >= 15 is 0 Å². The first kappa shape index (κ1) is 23.5. The van der Waals surface area contributed by atoms with Crippen LogP contribution in [0.25, 0.3) is 0 Å². The molecule has 1 rings (SSSR count). The van der Waals surface area contributed by atoms with Crippen molar-refractivity contribution >= 4 is 23.6 Å². The van der Waals surface area contributed by atoms with Crippen molar-refractivity contribution in [2.75, 3.05) is 5.32 Å². The van der Waals surface area contributed by atoms with Crippen molar-refractivity contribution in [2.45, 2.75) is 72.1 Å². The fourth-order valence-electron chi connectivity index (χ4n) is 2.41. The van der Waals surface area contributed by atoms with Gasteiger partial charge in [0.2, 0.25) is 11.8 Å². The zero-order chi connectivity index (χ0) is 21.5. The number of carbonyl (C=O) groups is 3. The molecule has 0 aliphatic heterocycles. The Morgan fingerprint density at radius 3 is 2.07 bits per heavy atom. The molecule has 3 N–H and O–H groups in total. The van der Waals surface area contributed by atoms with Gasteiger partial charge in [0, 0.05) is 5.69 Å². The number of nitrogens with one attached hydrogen (secondary N) is 3. The Kier molecular flexibility index (Phi) is 8.02. The van der Waals surface area contributed by atoms with Crippen LogP contribution in [-0.4, -0.2) is 35.1 Å². The Labute approximate surface area is 167 Å². The second kappa shape index (κ2) is 9.57. The molecule has 7 nitrogen and oxygen atoms in total. The van der Waals surface area contributed by atoms with Gasteiger partial charge in [-0.3, -0.25) is 9.59 Å². The van der Waals surface area contributed by atoms with E-state index in [9.17, 15) is 14.4 Å². The average molecular weight is 392 g/mol. The van der Waals surface area contributed by atoms with Crippen LogP contribution in [0.2, 0.25) is 0 Å². The molecule has 0 spiro atoms. The van der Waals surface area contributed by atoms with Crippen molar-refractivity contribution in [2.24, 2.45) is 5.92 Å². The summed E-state index contributed by atoms with van der Waals surface area (Å²) in [5, 5.41) is 8.12. The minimum Gasteiger partial charge on any atom is -0.444 e. The second-order valence-electron chi connectivity index (χ2n) is 8.76. The highest BCUT2D eigenvalue weighted by Crippen LogP contribution is 2.13. The normalized spacial score (nSPS) is 12.9. The average Bonchev–Trinajstić information content (AvgIpc) is 2.52. The Hall–Kier alpha value is -2.57. The molecule has 0 aliphatic carbocycles. The maximum Gasteiger partial charge on any atom is 0.408 e. The van der Waals surface area contributed by atoms with E-state index in [2.05, 4.69) is 16.0 Å². The molecular weight excluding hydrogens is 358 g/mol. The third-order valence-electron chi connectivity index (χ3n) is 3.75. The van der Waals surface area contributed by atoms with Gasteiger partial charge in [-0.15, -0.1) is 0 Å². The number of alkyl carbamates (subject to hydrolysis) is 1. The third kappa shape index (κ3) is 8.41. The standard InChI is InChI=1S/C21H33N3O4/c1-14(2)13-16(17(25)22-15-11-9-8-10-12-15)23-18(26)21(6,7)24-19(27)28-20(3,4)5/h8-12,14,16H,13H2,1-7H3,(H,22,25)(H,23,26)(H,24,27). The van der Waals surface area contributed by atoms with Gasteiger partial charge in [-0.1, -0.05) is 32.0 Å². The first-order valence-electron chi connectivity index (χ1n) is 9.48. The summed E-state index contributed by atoms with van der Waals surface area (Å²) in [5.74, 6) is -0.581. The van der Waals surface area contributed by atoms with E-state index in [1.807, 2.05) is 32.0 Å². The second-order valence-corrected chi connectivity index (χ2v) is 8.76. The highest BCUT2D eigenvalue weighted by atomic mass is 16.6. The highest BCUT2D eigenvalue weighted by Gasteiger charge is 2.34. The number of carbonyl (C=O) groups excluding carboxylic acids is 3. The highest BCUT2D eigenvalue weighted by molar-refractivity contribution is 5.99. The first-order chi connectivity index (χ1) is 12.8. The molecule has 0 heterocycles.